The van der Waals surface area contributed by atoms with Gasteiger partial charge in [-0.25, -0.2) is 0 Å². The van der Waals surface area contributed by atoms with Gasteiger partial charge in [0.05, 0.1) is 23.9 Å². The number of carbonyl (C=O) groups is 2. The summed E-state index contributed by atoms with van der Waals surface area (Å²) in [6.07, 6.45) is 5.73. The molecule has 8 heteroatoms. The Balaban J connectivity index is 0.00000385. The molecule has 0 radical (unpaired) electrons. The number of nitrogens with zero attached hydrogens (tertiary/aromatic N) is 1. The fraction of sp³-hybridized carbons (Fsp3) is 0.240. The topological polar surface area (TPSA) is 94.2 Å². The molecule has 0 saturated heterocycles. The smallest absolute Gasteiger partial charge is 0.548 e. The molecule has 2 aromatic carbocycles. The number of nitrogens with one attached hydrogen (secondary N) is 2. The molecule has 0 fully saturated rings. The summed E-state index contributed by atoms with van der Waals surface area (Å²) in [5.74, 6) is -1.09. The number of hydrogen-bond donors (Lipinski definition) is 2. The number of thioether (sulfide) groups is 1. The van der Waals surface area contributed by atoms with Crippen LogP contribution in [-0.4, -0.2) is 34.9 Å². The van der Waals surface area contributed by atoms with Crippen molar-refractivity contribution in [1.29, 1.82) is 0 Å². The number of hydrogen-bond acceptors (Lipinski definition) is 6. The summed E-state index contributed by atoms with van der Waals surface area (Å²) in [6.45, 7) is 2.57. The van der Waals surface area contributed by atoms with Crippen LogP contribution in [0.4, 0.5) is 5.69 Å². The van der Waals surface area contributed by atoms with E-state index >= 15 is 0 Å². The number of carboxylic acids is 1. The van der Waals surface area contributed by atoms with Crippen molar-refractivity contribution < 1.29 is 44.3 Å². The molecule has 3 aromatic rings. The predicted octanol–water partition coefficient (Wildman–Crippen LogP) is 0.275. The number of aryl methyl sites for hydroxylation is 1. The molecule has 1 unspecified atom stereocenters. The Hall–Kier alpha value is -2.32. The van der Waals surface area contributed by atoms with Crippen molar-refractivity contribution in [2.24, 2.45) is 0 Å². The summed E-state index contributed by atoms with van der Waals surface area (Å²) in [5.41, 5.74) is 5.08. The molecule has 0 spiro atoms. The third-order valence-electron chi connectivity index (χ3n) is 5.14. The van der Waals surface area contributed by atoms with E-state index in [1.807, 2.05) is 61.7 Å². The SMILES string of the molecule is CSCCC(NC(=O)c1ccc(CNc2cnccc2C)cc1-c1ccccc1)C(=O)[O-].[Na+]. The second-order valence-corrected chi connectivity index (χ2v) is 8.40. The molecule has 0 saturated carbocycles. The molecule has 1 aromatic heterocycles. The van der Waals surface area contributed by atoms with Crippen LogP contribution in [0, 0.1) is 6.92 Å². The zero-order valence-electron chi connectivity index (χ0n) is 19.1. The van der Waals surface area contributed by atoms with Crippen molar-refractivity contribution >= 4 is 29.3 Å². The minimum absolute atomic E-state index is 0. The van der Waals surface area contributed by atoms with Gasteiger partial charge in [0, 0.05) is 18.3 Å². The number of aromatic nitrogens is 1. The summed E-state index contributed by atoms with van der Waals surface area (Å²) in [7, 11) is 0. The van der Waals surface area contributed by atoms with Crippen LogP contribution in [0.3, 0.4) is 0 Å². The van der Waals surface area contributed by atoms with Crippen LogP contribution < -0.4 is 45.3 Å². The van der Waals surface area contributed by atoms with E-state index in [9.17, 15) is 14.7 Å². The molecule has 0 aliphatic heterocycles. The van der Waals surface area contributed by atoms with E-state index in [4.69, 9.17) is 0 Å². The van der Waals surface area contributed by atoms with E-state index in [2.05, 4.69) is 15.6 Å². The van der Waals surface area contributed by atoms with Gasteiger partial charge >= 0.3 is 29.6 Å². The Kier molecular flexibility index (Phi) is 10.9. The predicted molar refractivity (Wildman–Crippen MR) is 127 cm³/mol. The van der Waals surface area contributed by atoms with Crippen molar-refractivity contribution in [2.75, 3.05) is 17.3 Å². The summed E-state index contributed by atoms with van der Waals surface area (Å²) >= 11 is 1.52. The largest absolute Gasteiger partial charge is 1.00 e. The summed E-state index contributed by atoms with van der Waals surface area (Å²) in [5, 5.41) is 17.5. The minimum Gasteiger partial charge on any atom is -0.548 e. The zero-order valence-corrected chi connectivity index (χ0v) is 21.9. The maximum atomic E-state index is 13.0. The van der Waals surface area contributed by atoms with Gasteiger partial charge in [0.2, 0.25) is 0 Å². The number of aliphatic carboxylic acids is 1. The number of anilines is 1. The second-order valence-electron chi connectivity index (χ2n) is 7.42. The molecule has 0 aliphatic rings. The van der Waals surface area contributed by atoms with Crippen molar-refractivity contribution in [1.82, 2.24) is 10.3 Å². The number of carbonyl (C=O) groups excluding carboxylic acids is 2. The van der Waals surface area contributed by atoms with E-state index < -0.39 is 17.9 Å². The van der Waals surface area contributed by atoms with Gasteiger partial charge in [0.15, 0.2) is 0 Å². The summed E-state index contributed by atoms with van der Waals surface area (Å²) in [4.78, 5) is 28.7. The van der Waals surface area contributed by atoms with Gasteiger partial charge in [0.1, 0.15) is 0 Å². The van der Waals surface area contributed by atoms with E-state index in [0.29, 0.717) is 24.3 Å². The van der Waals surface area contributed by atoms with Gasteiger partial charge in [-0.05, 0) is 65.8 Å². The van der Waals surface area contributed by atoms with Crippen molar-refractivity contribution in [3.63, 3.8) is 0 Å². The third-order valence-corrected chi connectivity index (χ3v) is 5.78. The Morgan fingerprint density at radius 2 is 1.88 bits per heavy atom. The van der Waals surface area contributed by atoms with Crippen LogP contribution in [0.25, 0.3) is 11.1 Å². The molecule has 3 rings (SSSR count). The fourth-order valence-electron chi connectivity index (χ4n) is 3.32. The van der Waals surface area contributed by atoms with Crippen molar-refractivity contribution in [3.8, 4) is 11.1 Å². The van der Waals surface area contributed by atoms with Crippen LogP contribution >= 0.6 is 11.8 Å². The first-order valence-corrected chi connectivity index (χ1v) is 11.7. The molecule has 2 N–H and O–H groups in total. The first-order chi connectivity index (χ1) is 15.5. The van der Waals surface area contributed by atoms with Gasteiger partial charge in [-0.2, -0.15) is 11.8 Å². The average molecular weight is 472 g/mol. The number of benzene rings is 2. The number of pyridine rings is 1. The summed E-state index contributed by atoms with van der Waals surface area (Å²) < 4.78 is 0. The van der Waals surface area contributed by atoms with Gasteiger partial charge in [-0.15, -0.1) is 0 Å². The zero-order chi connectivity index (χ0) is 22.9. The van der Waals surface area contributed by atoms with E-state index in [1.54, 1.807) is 18.5 Å². The van der Waals surface area contributed by atoms with Gasteiger partial charge < -0.3 is 20.5 Å². The standard InChI is InChI=1S/C25H27N3O3S.Na/c1-17-10-12-26-16-23(17)27-15-18-8-9-20(21(14-18)19-6-4-3-5-7-19)24(29)28-22(25(30)31)11-13-32-2;/h3-10,12,14,16,22,27H,11,13,15H2,1-2H3,(H,28,29)(H,30,31);/q;+1/p-1. The van der Waals surface area contributed by atoms with Crippen LogP contribution in [0.1, 0.15) is 27.9 Å². The van der Waals surface area contributed by atoms with Crippen LogP contribution in [0.2, 0.25) is 0 Å². The van der Waals surface area contributed by atoms with Crippen LogP contribution in [-0.2, 0) is 11.3 Å². The van der Waals surface area contributed by atoms with Crippen LogP contribution in [0.5, 0.6) is 0 Å². The molecule has 6 nitrogen and oxygen atoms in total. The first kappa shape index (κ1) is 26.9. The molecule has 33 heavy (non-hydrogen) atoms. The molecule has 166 valence electrons. The molecule has 0 aliphatic carbocycles. The Labute approximate surface area is 220 Å². The monoisotopic (exact) mass is 471 g/mol. The Morgan fingerprint density at radius 1 is 1.12 bits per heavy atom. The number of rotatable bonds is 10. The van der Waals surface area contributed by atoms with E-state index in [1.165, 1.54) is 11.8 Å². The second kappa shape index (κ2) is 13.4. The Bertz CT molecular complexity index is 1080. The average Bonchev–Trinajstić information content (AvgIpc) is 2.81. The van der Waals surface area contributed by atoms with E-state index in [-0.39, 0.29) is 29.6 Å². The summed E-state index contributed by atoms with van der Waals surface area (Å²) in [6, 6.07) is 16.1. The quantitative estimate of drug-likeness (QED) is 0.413. The van der Waals surface area contributed by atoms with Gasteiger partial charge in [-0.3, -0.25) is 9.78 Å². The minimum atomic E-state index is -1.28. The molecule has 0 bridgehead atoms. The van der Waals surface area contributed by atoms with Crippen LogP contribution in [0.15, 0.2) is 67.0 Å². The third kappa shape index (κ3) is 7.61. The molecular formula is C25H26N3NaO3S. The molecule has 1 amide bonds. The Morgan fingerprint density at radius 3 is 2.55 bits per heavy atom. The van der Waals surface area contributed by atoms with Crippen molar-refractivity contribution in [2.45, 2.75) is 25.9 Å². The maximum absolute atomic E-state index is 13.0. The number of amides is 1. The maximum Gasteiger partial charge on any atom is 1.00 e. The molecule has 1 atom stereocenters. The van der Waals surface area contributed by atoms with E-state index in [0.717, 1.165) is 27.9 Å². The first-order valence-electron chi connectivity index (χ1n) is 10.3. The van der Waals surface area contributed by atoms with Gasteiger partial charge in [0.25, 0.3) is 5.91 Å². The normalized spacial score (nSPS) is 11.2. The fourth-order valence-corrected chi connectivity index (χ4v) is 3.79. The number of carboxylic acid groups (broad SMARTS) is 1. The van der Waals surface area contributed by atoms with Gasteiger partial charge in [-0.1, -0.05) is 36.4 Å². The van der Waals surface area contributed by atoms with Crippen molar-refractivity contribution in [3.05, 3.63) is 83.7 Å². The molecular weight excluding hydrogens is 445 g/mol. The molecule has 1 heterocycles.